The Morgan fingerprint density at radius 3 is 2.11 bits per heavy atom. The molecule has 18 heavy (non-hydrogen) atoms. The number of carbonyl (C=O) groups excluding carboxylic acids is 1. The van der Waals surface area contributed by atoms with Gasteiger partial charge in [0, 0.05) is 12.1 Å². The Balaban J connectivity index is 3.06. The highest BCUT2D eigenvalue weighted by Crippen LogP contribution is 2.15. The van der Waals surface area contributed by atoms with Crippen LogP contribution in [0, 0.1) is 17.5 Å². The van der Waals surface area contributed by atoms with Gasteiger partial charge in [0.2, 0.25) is 0 Å². The molecule has 0 saturated heterocycles. The number of carboxylic acids is 1. The normalized spacial score (nSPS) is 10.2. The molecule has 0 heterocycles. The molecule has 4 nitrogen and oxygen atoms in total. The van der Waals surface area contributed by atoms with E-state index in [0.717, 1.165) is 4.90 Å². The summed E-state index contributed by atoms with van der Waals surface area (Å²) in [7, 11) is 0. The van der Waals surface area contributed by atoms with Crippen molar-refractivity contribution in [2.24, 2.45) is 0 Å². The number of benzene rings is 1. The maximum atomic E-state index is 12.9. The van der Waals surface area contributed by atoms with Crippen LogP contribution in [0.3, 0.4) is 0 Å². The lowest BCUT2D eigenvalue weighted by atomic mass is 10.1. The molecular weight excluding hydrogens is 251 g/mol. The van der Waals surface area contributed by atoms with E-state index in [2.05, 4.69) is 0 Å². The van der Waals surface area contributed by atoms with E-state index < -0.39 is 41.4 Å². The average Bonchev–Trinajstić information content (AvgIpc) is 2.31. The van der Waals surface area contributed by atoms with E-state index in [1.54, 1.807) is 0 Å². The van der Waals surface area contributed by atoms with Crippen molar-refractivity contribution in [3.8, 4) is 0 Å². The summed E-state index contributed by atoms with van der Waals surface area (Å²) in [5.41, 5.74) is -0.436. The van der Waals surface area contributed by atoms with Crippen LogP contribution in [0.1, 0.15) is 17.3 Å². The van der Waals surface area contributed by atoms with Crippen molar-refractivity contribution in [3.63, 3.8) is 0 Å². The van der Waals surface area contributed by atoms with Crippen molar-refractivity contribution in [2.75, 3.05) is 13.1 Å². The van der Waals surface area contributed by atoms with Gasteiger partial charge in [-0.15, -0.1) is 0 Å². The van der Waals surface area contributed by atoms with Crippen LogP contribution in [0.2, 0.25) is 0 Å². The fourth-order valence-electron chi connectivity index (χ4n) is 1.35. The van der Waals surface area contributed by atoms with E-state index in [0.29, 0.717) is 12.1 Å². The highest BCUT2D eigenvalue weighted by atomic mass is 19.2. The third-order valence-electron chi connectivity index (χ3n) is 2.23. The van der Waals surface area contributed by atoms with Crippen molar-refractivity contribution < 1.29 is 27.9 Å². The second kappa shape index (κ2) is 5.52. The van der Waals surface area contributed by atoms with Gasteiger partial charge in [-0.2, -0.15) is 0 Å². The zero-order valence-electron chi connectivity index (χ0n) is 9.41. The first-order chi connectivity index (χ1) is 8.36. The number of halogens is 3. The second-order valence-corrected chi connectivity index (χ2v) is 3.47. The Morgan fingerprint density at radius 2 is 1.72 bits per heavy atom. The Labute approximate surface area is 101 Å². The SMILES string of the molecule is CCN(CC(=O)O)C(=O)c1cc(F)c(F)c(F)c1. The Hall–Kier alpha value is -2.05. The van der Waals surface area contributed by atoms with Crippen LogP contribution in [-0.2, 0) is 4.79 Å². The largest absolute Gasteiger partial charge is 0.480 e. The smallest absolute Gasteiger partial charge is 0.323 e. The van der Waals surface area contributed by atoms with Crippen molar-refractivity contribution in [2.45, 2.75) is 6.92 Å². The average molecular weight is 261 g/mol. The number of aliphatic carboxylic acids is 1. The van der Waals surface area contributed by atoms with Crippen LogP contribution in [-0.4, -0.2) is 35.0 Å². The molecule has 1 amide bonds. The number of likely N-dealkylation sites (N-methyl/N-ethyl adjacent to an activating group) is 1. The molecule has 0 spiro atoms. The third kappa shape index (κ3) is 2.99. The highest BCUT2D eigenvalue weighted by Gasteiger charge is 2.20. The number of nitrogens with zero attached hydrogens (tertiary/aromatic N) is 1. The number of carboxylic acid groups (broad SMARTS) is 1. The molecule has 0 saturated carbocycles. The van der Waals surface area contributed by atoms with Gasteiger partial charge >= 0.3 is 5.97 Å². The van der Waals surface area contributed by atoms with Gasteiger partial charge in [-0.3, -0.25) is 9.59 Å². The summed E-state index contributed by atoms with van der Waals surface area (Å²) < 4.78 is 38.6. The lowest BCUT2D eigenvalue weighted by molar-refractivity contribution is -0.137. The van der Waals surface area contributed by atoms with Gasteiger partial charge in [0.05, 0.1) is 0 Å². The molecule has 1 aromatic rings. The first-order valence-corrected chi connectivity index (χ1v) is 5.02. The van der Waals surface area contributed by atoms with Crippen LogP contribution in [0.25, 0.3) is 0 Å². The monoisotopic (exact) mass is 261 g/mol. The summed E-state index contributed by atoms with van der Waals surface area (Å²) in [6.45, 7) is 0.957. The number of hydrogen-bond acceptors (Lipinski definition) is 2. The molecule has 0 aliphatic rings. The fourth-order valence-corrected chi connectivity index (χ4v) is 1.35. The van der Waals surface area contributed by atoms with Gasteiger partial charge in [-0.25, -0.2) is 13.2 Å². The molecule has 0 aliphatic heterocycles. The first kappa shape index (κ1) is 14.0. The molecule has 7 heteroatoms. The number of rotatable bonds is 4. The molecule has 1 aromatic carbocycles. The second-order valence-electron chi connectivity index (χ2n) is 3.47. The molecule has 0 fully saturated rings. The fraction of sp³-hybridized carbons (Fsp3) is 0.273. The maximum Gasteiger partial charge on any atom is 0.323 e. The quantitative estimate of drug-likeness (QED) is 0.838. The van der Waals surface area contributed by atoms with Crippen LogP contribution in [0.15, 0.2) is 12.1 Å². The molecule has 0 aliphatic carbocycles. The zero-order chi connectivity index (χ0) is 13.9. The van der Waals surface area contributed by atoms with Gasteiger partial charge in [0.15, 0.2) is 17.5 Å². The summed E-state index contributed by atoms with van der Waals surface area (Å²) >= 11 is 0. The first-order valence-electron chi connectivity index (χ1n) is 5.02. The minimum absolute atomic E-state index is 0.0474. The minimum Gasteiger partial charge on any atom is -0.480 e. The van der Waals surface area contributed by atoms with Crippen LogP contribution >= 0.6 is 0 Å². The van der Waals surface area contributed by atoms with E-state index in [-0.39, 0.29) is 6.54 Å². The lowest BCUT2D eigenvalue weighted by Gasteiger charge is -2.18. The van der Waals surface area contributed by atoms with Crippen LogP contribution in [0.4, 0.5) is 13.2 Å². The highest BCUT2D eigenvalue weighted by molar-refractivity contribution is 5.95. The van der Waals surface area contributed by atoms with E-state index in [9.17, 15) is 22.8 Å². The van der Waals surface area contributed by atoms with Crippen molar-refractivity contribution in [3.05, 3.63) is 35.1 Å². The van der Waals surface area contributed by atoms with E-state index >= 15 is 0 Å². The molecule has 0 unspecified atom stereocenters. The Morgan fingerprint density at radius 1 is 1.22 bits per heavy atom. The summed E-state index contributed by atoms with van der Waals surface area (Å²) in [6, 6.07) is 1.07. The predicted octanol–water partition coefficient (Wildman–Crippen LogP) is 1.65. The molecule has 0 atom stereocenters. The molecular formula is C11H10F3NO3. The molecule has 0 radical (unpaired) electrons. The van der Waals surface area contributed by atoms with Crippen LogP contribution in [0.5, 0.6) is 0 Å². The Kier molecular flexibility index (Phi) is 4.30. The Bertz CT molecular complexity index is 467. The van der Waals surface area contributed by atoms with Crippen molar-refractivity contribution in [1.29, 1.82) is 0 Å². The number of carbonyl (C=O) groups is 2. The van der Waals surface area contributed by atoms with Gasteiger partial charge in [-0.1, -0.05) is 0 Å². The molecule has 1 rings (SSSR count). The van der Waals surface area contributed by atoms with Crippen molar-refractivity contribution >= 4 is 11.9 Å². The molecule has 0 aromatic heterocycles. The topological polar surface area (TPSA) is 57.6 Å². The van der Waals surface area contributed by atoms with E-state index in [1.165, 1.54) is 6.92 Å². The molecule has 98 valence electrons. The lowest BCUT2D eigenvalue weighted by Crippen LogP contribution is -2.35. The third-order valence-corrected chi connectivity index (χ3v) is 2.23. The van der Waals surface area contributed by atoms with Gasteiger partial charge in [-0.05, 0) is 19.1 Å². The minimum atomic E-state index is -1.67. The molecule has 0 bridgehead atoms. The van der Waals surface area contributed by atoms with E-state index in [4.69, 9.17) is 5.11 Å². The maximum absolute atomic E-state index is 12.9. The zero-order valence-corrected chi connectivity index (χ0v) is 9.41. The number of hydrogen-bond donors (Lipinski definition) is 1. The van der Waals surface area contributed by atoms with E-state index in [1.807, 2.05) is 0 Å². The summed E-state index contributed by atoms with van der Waals surface area (Å²) in [5.74, 6) is -6.80. The van der Waals surface area contributed by atoms with Gasteiger partial charge in [0.25, 0.3) is 5.91 Å². The number of amides is 1. The molecule has 1 N–H and O–H groups in total. The van der Waals surface area contributed by atoms with Crippen molar-refractivity contribution in [1.82, 2.24) is 4.90 Å². The van der Waals surface area contributed by atoms with Gasteiger partial charge < -0.3 is 10.0 Å². The van der Waals surface area contributed by atoms with Gasteiger partial charge in [0.1, 0.15) is 6.54 Å². The van der Waals surface area contributed by atoms with Crippen LogP contribution < -0.4 is 0 Å². The standard InChI is InChI=1S/C11H10F3NO3/c1-2-15(5-9(16)17)11(18)6-3-7(12)10(14)8(13)4-6/h3-4H,2,5H2,1H3,(H,16,17). The summed E-state index contributed by atoms with van der Waals surface area (Å²) in [6.07, 6.45) is 0. The summed E-state index contributed by atoms with van der Waals surface area (Å²) in [4.78, 5) is 23.1. The predicted molar refractivity (Wildman–Crippen MR) is 55.5 cm³/mol. The summed E-state index contributed by atoms with van der Waals surface area (Å²) in [5, 5.41) is 8.56.